The second-order valence-corrected chi connectivity index (χ2v) is 10.1. The molecule has 0 aliphatic heterocycles. The zero-order chi connectivity index (χ0) is 21.8. The molecular weight excluding hydrogens is 430 g/mol. The molecule has 0 aromatic carbocycles. The highest BCUT2D eigenvalue weighted by Gasteiger charge is 2.24. The van der Waals surface area contributed by atoms with E-state index in [-0.39, 0.29) is 17.2 Å². The summed E-state index contributed by atoms with van der Waals surface area (Å²) in [6.07, 6.45) is 9.12. The number of carbonyl (C=O) groups is 1. The normalized spacial score (nSPS) is 13.1. The van der Waals surface area contributed by atoms with Crippen molar-refractivity contribution in [1.82, 2.24) is 14.5 Å². The van der Waals surface area contributed by atoms with Gasteiger partial charge in [0.2, 0.25) is 5.91 Å². The number of hydrogen-bond acceptors (Lipinski definition) is 6. The first-order chi connectivity index (χ1) is 15.1. The molecule has 0 spiro atoms. The summed E-state index contributed by atoms with van der Waals surface area (Å²) in [6, 6.07) is 3.67. The van der Waals surface area contributed by atoms with Crippen LogP contribution >= 0.6 is 23.1 Å². The van der Waals surface area contributed by atoms with Gasteiger partial charge >= 0.3 is 0 Å². The minimum Gasteiger partial charge on any atom is -0.467 e. The van der Waals surface area contributed by atoms with E-state index in [0.29, 0.717) is 18.2 Å². The monoisotopic (exact) mass is 459 g/mol. The fraction of sp³-hybridized carbons (Fsp3) is 0.522. The van der Waals surface area contributed by atoms with Crippen molar-refractivity contribution in [3.8, 4) is 0 Å². The number of hydrogen-bond donors (Lipinski definition) is 0. The van der Waals surface area contributed by atoms with Crippen molar-refractivity contribution in [2.75, 3.05) is 12.8 Å². The third kappa shape index (κ3) is 4.90. The smallest absolute Gasteiger partial charge is 0.263 e. The van der Waals surface area contributed by atoms with E-state index in [4.69, 9.17) is 9.40 Å². The topological polar surface area (TPSA) is 68.3 Å². The number of thiophene rings is 1. The molecule has 31 heavy (non-hydrogen) atoms. The molecule has 0 radical (unpaired) electrons. The van der Waals surface area contributed by atoms with Gasteiger partial charge in [0.25, 0.3) is 5.56 Å². The van der Waals surface area contributed by atoms with Gasteiger partial charge in [-0.1, -0.05) is 37.9 Å². The third-order valence-corrected chi connectivity index (χ3v) is 7.90. The maximum Gasteiger partial charge on any atom is 0.263 e. The summed E-state index contributed by atoms with van der Waals surface area (Å²) < 4.78 is 7.15. The Labute approximate surface area is 190 Å². The summed E-state index contributed by atoms with van der Waals surface area (Å²) in [6.45, 7) is 3.27. The average Bonchev–Trinajstić information content (AvgIpc) is 3.48. The molecule has 1 aliphatic carbocycles. The standard InChI is InChI=1S/C23H29N3O3S2/c1-3-4-5-6-12-26-22(28)20-17-10-7-11-18(17)31-21(20)24-23(26)30-15-19(27)25(2)14-16-9-8-13-29-16/h8-9,13H,3-7,10-12,14-15H2,1-2H3. The van der Waals surface area contributed by atoms with Gasteiger partial charge in [-0.2, -0.15) is 0 Å². The quantitative estimate of drug-likeness (QED) is 0.246. The van der Waals surface area contributed by atoms with Gasteiger partial charge in [-0.15, -0.1) is 11.3 Å². The second kappa shape index (κ2) is 10.0. The highest BCUT2D eigenvalue weighted by Crippen LogP contribution is 2.35. The Balaban J connectivity index is 1.54. The summed E-state index contributed by atoms with van der Waals surface area (Å²) in [5, 5.41) is 1.48. The van der Waals surface area contributed by atoms with E-state index < -0.39 is 0 Å². The molecule has 3 heterocycles. The predicted molar refractivity (Wildman–Crippen MR) is 126 cm³/mol. The van der Waals surface area contributed by atoms with Gasteiger partial charge < -0.3 is 9.32 Å². The van der Waals surface area contributed by atoms with Crippen molar-refractivity contribution < 1.29 is 9.21 Å². The molecular formula is C23H29N3O3S2. The van der Waals surface area contributed by atoms with Crippen LogP contribution in [0.25, 0.3) is 10.2 Å². The first-order valence-corrected chi connectivity index (χ1v) is 12.8. The molecule has 0 saturated heterocycles. The van der Waals surface area contributed by atoms with Crippen molar-refractivity contribution >= 4 is 39.2 Å². The van der Waals surface area contributed by atoms with E-state index in [9.17, 15) is 9.59 Å². The fourth-order valence-corrected chi connectivity index (χ4v) is 6.29. The Hall–Kier alpha value is -2.06. The van der Waals surface area contributed by atoms with Gasteiger partial charge in [0.05, 0.1) is 23.9 Å². The van der Waals surface area contributed by atoms with Crippen LogP contribution in [0.5, 0.6) is 0 Å². The minimum absolute atomic E-state index is 0.0121. The largest absolute Gasteiger partial charge is 0.467 e. The molecule has 8 heteroatoms. The molecule has 0 saturated carbocycles. The fourth-order valence-electron chi connectivity index (χ4n) is 4.02. The van der Waals surface area contributed by atoms with E-state index in [1.807, 2.05) is 16.7 Å². The summed E-state index contributed by atoms with van der Waals surface area (Å²) in [7, 11) is 1.77. The van der Waals surface area contributed by atoms with Crippen LogP contribution in [0.1, 0.15) is 55.2 Å². The second-order valence-electron chi connectivity index (χ2n) is 8.07. The summed E-state index contributed by atoms with van der Waals surface area (Å²) >= 11 is 3.02. The van der Waals surface area contributed by atoms with Gasteiger partial charge in [-0.05, 0) is 43.4 Å². The van der Waals surface area contributed by atoms with Crippen molar-refractivity contribution in [1.29, 1.82) is 0 Å². The van der Waals surface area contributed by atoms with Gasteiger partial charge in [-0.3, -0.25) is 14.2 Å². The van der Waals surface area contributed by atoms with Gasteiger partial charge in [-0.25, -0.2) is 4.98 Å². The zero-order valence-corrected chi connectivity index (χ0v) is 19.8. The van der Waals surface area contributed by atoms with Crippen LogP contribution in [0.15, 0.2) is 32.8 Å². The van der Waals surface area contributed by atoms with Crippen molar-refractivity contribution in [3.05, 3.63) is 45.0 Å². The Morgan fingerprint density at radius 3 is 2.97 bits per heavy atom. The number of thioether (sulfide) groups is 1. The number of nitrogens with zero attached hydrogens (tertiary/aromatic N) is 3. The molecule has 3 aromatic heterocycles. The number of aryl methyl sites for hydroxylation is 2. The minimum atomic E-state index is -0.0121. The molecule has 6 nitrogen and oxygen atoms in total. The number of furan rings is 1. The summed E-state index contributed by atoms with van der Waals surface area (Å²) in [5.41, 5.74) is 1.28. The van der Waals surface area contributed by atoms with Crippen LogP contribution in [-0.2, 0) is 30.7 Å². The lowest BCUT2D eigenvalue weighted by molar-refractivity contribution is -0.127. The van der Waals surface area contributed by atoms with Crippen LogP contribution in [0.3, 0.4) is 0 Å². The summed E-state index contributed by atoms with van der Waals surface area (Å²) in [4.78, 5) is 34.8. The predicted octanol–water partition coefficient (Wildman–Crippen LogP) is 4.87. The maximum atomic E-state index is 13.4. The zero-order valence-electron chi connectivity index (χ0n) is 18.2. The molecule has 4 rings (SSSR count). The van der Waals surface area contributed by atoms with Crippen molar-refractivity contribution in [2.45, 2.75) is 70.1 Å². The highest BCUT2D eigenvalue weighted by molar-refractivity contribution is 7.99. The molecule has 1 aliphatic rings. The Bertz CT molecular complexity index is 1100. The average molecular weight is 460 g/mol. The number of carbonyl (C=O) groups excluding carboxylic acids is 1. The first-order valence-electron chi connectivity index (χ1n) is 11.0. The Morgan fingerprint density at radius 1 is 1.32 bits per heavy atom. The highest BCUT2D eigenvalue weighted by atomic mass is 32.2. The van der Waals surface area contributed by atoms with Crippen LogP contribution in [0.2, 0.25) is 0 Å². The summed E-state index contributed by atoms with van der Waals surface area (Å²) in [5.74, 6) is 0.984. The Morgan fingerprint density at radius 2 is 2.19 bits per heavy atom. The van der Waals surface area contributed by atoms with Crippen LogP contribution in [0.4, 0.5) is 0 Å². The molecule has 0 atom stereocenters. The third-order valence-electron chi connectivity index (χ3n) is 5.75. The van der Waals surface area contributed by atoms with E-state index in [1.54, 1.807) is 29.5 Å². The van der Waals surface area contributed by atoms with Crippen LogP contribution in [-0.4, -0.2) is 33.2 Å². The molecule has 0 fully saturated rings. The van der Waals surface area contributed by atoms with E-state index >= 15 is 0 Å². The molecule has 166 valence electrons. The van der Waals surface area contributed by atoms with Gasteiger partial charge in [0, 0.05) is 18.5 Å². The maximum absolute atomic E-state index is 13.4. The Kier molecular flexibility index (Phi) is 7.17. The first kappa shape index (κ1) is 22.1. The van der Waals surface area contributed by atoms with Gasteiger partial charge in [0.15, 0.2) is 5.16 Å². The van der Waals surface area contributed by atoms with Gasteiger partial charge in [0.1, 0.15) is 10.6 Å². The van der Waals surface area contributed by atoms with E-state index in [2.05, 4.69) is 6.92 Å². The molecule has 3 aromatic rings. The van der Waals surface area contributed by atoms with Crippen molar-refractivity contribution in [2.24, 2.45) is 0 Å². The SMILES string of the molecule is CCCCCCn1c(SCC(=O)N(C)Cc2ccco2)nc2sc3c(c2c1=O)CCC3. The molecule has 1 amide bonds. The van der Waals surface area contributed by atoms with Crippen LogP contribution in [0, 0.1) is 0 Å². The molecule has 0 N–H and O–H groups in total. The lowest BCUT2D eigenvalue weighted by atomic mass is 10.2. The molecule has 0 bridgehead atoms. The number of amides is 1. The van der Waals surface area contributed by atoms with E-state index in [1.165, 1.54) is 22.2 Å². The van der Waals surface area contributed by atoms with E-state index in [0.717, 1.165) is 60.9 Å². The molecule has 0 unspecified atom stereocenters. The van der Waals surface area contributed by atoms with Crippen molar-refractivity contribution in [3.63, 3.8) is 0 Å². The number of rotatable bonds is 10. The number of unbranched alkanes of at least 4 members (excludes halogenated alkanes) is 3. The number of fused-ring (bicyclic) bond motifs is 3. The van der Waals surface area contributed by atoms with Crippen LogP contribution < -0.4 is 5.56 Å². The lowest BCUT2D eigenvalue weighted by Crippen LogP contribution is -2.28. The number of aromatic nitrogens is 2. The lowest BCUT2D eigenvalue weighted by Gasteiger charge is -2.16.